The van der Waals surface area contributed by atoms with Crippen LogP contribution in [-0.4, -0.2) is 39.3 Å². The highest BCUT2D eigenvalue weighted by molar-refractivity contribution is 6.09. The Balaban J connectivity index is 1.82. The number of hydrogen-bond acceptors (Lipinski definition) is 5. The van der Waals surface area contributed by atoms with Gasteiger partial charge in [0, 0.05) is 36.1 Å². The van der Waals surface area contributed by atoms with Crippen molar-refractivity contribution in [3.8, 4) is 11.8 Å². The number of nitriles is 1. The normalized spacial score (nSPS) is 14.4. The standard InChI is InChI=1S/C21H21N3O3/c1-26-20-14-19(24-9-11-27-12-10-24)8-7-16(20)13-17(15-22)21(25)23-18-5-3-2-4-6-18/h2-8,13-14H,9-12H2,1H3,(H,23,25)/b17-13-. The van der Waals surface area contributed by atoms with E-state index in [9.17, 15) is 10.1 Å². The largest absolute Gasteiger partial charge is 0.496 e. The van der Waals surface area contributed by atoms with Crippen molar-refractivity contribution in [1.29, 1.82) is 5.26 Å². The van der Waals surface area contributed by atoms with Gasteiger partial charge in [-0.05, 0) is 30.3 Å². The molecule has 1 aliphatic rings. The zero-order valence-electron chi connectivity index (χ0n) is 15.1. The van der Waals surface area contributed by atoms with Gasteiger partial charge in [-0.25, -0.2) is 0 Å². The number of anilines is 2. The summed E-state index contributed by atoms with van der Waals surface area (Å²) in [6, 6.07) is 16.7. The second-order valence-corrected chi connectivity index (χ2v) is 6.02. The molecule has 2 aromatic rings. The monoisotopic (exact) mass is 363 g/mol. The van der Waals surface area contributed by atoms with Crippen molar-refractivity contribution >= 4 is 23.4 Å². The molecule has 6 heteroatoms. The van der Waals surface area contributed by atoms with E-state index in [2.05, 4.69) is 10.2 Å². The molecule has 6 nitrogen and oxygen atoms in total. The van der Waals surface area contributed by atoms with Crippen LogP contribution in [0.4, 0.5) is 11.4 Å². The number of hydrogen-bond donors (Lipinski definition) is 1. The van der Waals surface area contributed by atoms with Crippen LogP contribution in [-0.2, 0) is 9.53 Å². The van der Waals surface area contributed by atoms with Crippen LogP contribution in [0.5, 0.6) is 5.75 Å². The number of carbonyl (C=O) groups excluding carboxylic acids is 1. The quantitative estimate of drug-likeness (QED) is 0.653. The molecule has 1 N–H and O–H groups in total. The molecule has 2 aromatic carbocycles. The number of amides is 1. The zero-order valence-corrected chi connectivity index (χ0v) is 15.1. The molecule has 0 saturated carbocycles. The lowest BCUT2D eigenvalue weighted by atomic mass is 10.1. The summed E-state index contributed by atoms with van der Waals surface area (Å²) < 4.78 is 10.9. The van der Waals surface area contributed by atoms with Crippen LogP contribution >= 0.6 is 0 Å². The molecule has 0 spiro atoms. The van der Waals surface area contributed by atoms with Crippen molar-refractivity contribution in [3.05, 3.63) is 59.7 Å². The predicted molar refractivity (Wildman–Crippen MR) is 105 cm³/mol. The van der Waals surface area contributed by atoms with Gasteiger partial charge in [-0.3, -0.25) is 4.79 Å². The molecule has 0 unspecified atom stereocenters. The van der Waals surface area contributed by atoms with Crippen LogP contribution in [0, 0.1) is 11.3 Å². The summed E-state index contributed by atoms with van der Waals surface area (Å²) in [6.45, 7) is 3.03. The first-order chi connectivity index (χ1) is 13.2. The van der Waals surface area contributed by atoms with E-state index in [1.807, 2.05) is 42.5 Å². The van der Waals surface area contributed by atoms with E-state index in [0.29, 0.717) is 30.2 Å². The van der Waals surface area contributed by atoms with Crippen LogP contribution in [0.2, 0.25) is 0 Å². The first-order valence-electron chi connectivity index (χ1n) is 8.70. The minimum Gasteiger partial charge on any atom is -0.496 e. The first-order valence-corrected chi connectivity index (χ1v) is 8.70. The summed E-state index contributed by atoms with van der Waals surface area (Å²) in [6.07, 6.45) is 1.54. The summed E-state index contributed by atoms with van der Waals surface area (Å²) in [5.74, 6) is 0.155. The fourth-order valence-electron chi connectivity index (χ4n) is 2.86. The third kappa shape index (κ3) is 4.66. The Morgan fingerprint density at radius 2 is 1.96 bits per heavy atom. The number of methoxy groups -OCH3 is 1. The van der Waals surface area contributed by atoms with E-state index >= 15 is 0 Å². The van der Waals surface area contributed by atoms with Crippen molar-refractivity contribution in [3.63, 3.8) is 0 Å². The summed E-state index contributed by atoms with van der Waals surface area (Å²) in [4.78, 5) is 14.6. The Morgan fingerprint density at radius 1 is 1.22 bits per heavy atom. The van der Waals surface area contributed by atoms with E-state index in [-0.39, 0.29) is 5.57 Å². The van der Waals surface area contributed by atoms with Gasteiger partial charge in [0.05, 0.1) is 20.3 Å². The molecule has 27 heavy (non-hydrogen) atoms. The van der Waals surface area contributed by atoms with Crippen molar-refractivity contribution in [1.82, 2.24) is 0 Å². The molecular weight excluding hydrogens is 342 g/mol. The van der Waals surface area contributed by atoms with E-state index in [1.54, 1.807) is 25.3 Å². The average Bonchev–Trinajstić information content (AvgIpc) is 2.73. The fourth-order valence-corrected chi connectivity index (χ4v) is 2.86. The molecule has 0 aromatic heterocycles. The van der Waals surface area contributed by atoms with Gasteiger partial charge in [-0.15, -0.1) is 0 Å². The fraction of sp³-hybridized carbons (Fsp3) is 0.238. The van der Waals surface area contributed by atoms with Gasteiger partial charge < -0.3 is 19.7 Å². The van der Waals surface area contributed by atoms with Crippen molar-refractivity contribution in [2.45, 2.75) is 0 Å². The van der Waals surface area contributed by atoms with Gasteiger partial charge in [0.1, 0.15) is 17.4 Å². The molecule has 0 bridgehead atoms. The molecule has 0 aliphatic carbocycles. The van der Waals surface area contributed by atoms with Crippen LogP contribution < -0.4 is 15.0 Å². The van der Waals surface area contributed by atoms with Crippen molar-refractivity contribution in [2.75, 3.05) is 43.6 Å². The van der Waals surface area contributed by atoms with Crippen LogP contribution in [0.1, 0.15) is 5.56 Å². The van der Waals surface area contributed by atoms with E-state index < -0.39 is 5.91 Å². The van der Waals surface area contributed by atoms with Gasteiger partial charge in [0.15, 0.2) is 0 Å². The Kier molecular flexibility index (Phi) is 6.08. The predicted octanol–water partition coefficient (Wildman–Crippen LogP) is 3.08. The highest BCUT2D eigenvalue weighted by atomic mass is 16.5. The number of rotatable bonds is 5. The third-order valence-electron chi connectivity index (χ3n) is 4.29. The Bertz CT molecular complexity index is 866. The van der Waals surface area contributed by atoms with Gasteiger partial charge in [-0.2, -0.15) is 5.26 Å². The molecule has 1 heterocycles. The van der Waals surface area contributed by atoms with Gasteiger partial charge in [0.25, 0.3) is 5.91 Å². The number of morpholine rings is 1. The molecule has 1 saturated heterocycles. The minimum absolute atomic E-state index is 0.0104. The smallest absolute Gasteiger partial charge is 0.266 e. The molecule has 1 amide bonds. The van der Waals surface area contributed by atoms with Gasteiger partial charge in [-0.1, -0.05) is 18.2 Å². The van der Waals surface area contributed by atoms with Crippen LogP contribution in [0.3, 0.4) is 0 Å². The van der Waals surface area contributed by atoms with Crippen molar-refractivity contribution < 1.29 is 14.3 Å². The number of nitrogens with zero attached hydrogens (tertiary/aromatic N) is 2. The maximum Gasteiger partial charge on any atom is 0.266 e. The molecule has 1 fully saturated rings. The second-order valence-electron chi connectivity index (χ2n) is 6.02. The topological polar surface area (TPSA) is 74.6 Å². The van der Waals surface area contributed by atoms with Crippen LogP contribution in [0.15, 0.2) is 54.1 Å². The molecular formula is C21H21N3O3. The van der Waals surface area contributed by atoms with E-state index in [0.717, 1.165) is 18.8 Å². The number of ether oxygens (including phenoxy) is 2. The summed E-state index contributed by atoms with van der Waals surface area (Å²) in [5.41, 5.74) is 2.35. The minimum atomic E-state index is -0.456. The molecule has 3 rings (SSSR count). The number of nitrogens with one attached hydrogen (secondary N) is 1. The van der Waals surface area contributed by atoms with E-state index in [1.165, 1.54) is 0 Å². The summed E-state index contributed by atoms with van der Waals surface area (Å²) in [7, 11) is 1.58. The summed E-state index contributed by atoms with van der Waals surface area (Å²) >= 11 is 0. The number of para-hydroxylation sites is 1. The Morgan fingerprint density at radius 3 is 2.63 bits per heavy atom. The maximum atomic E-state index is 12.4. The van der Waals surface area contributed by atoms with Crippen LogP contribution in [0.25, 0.3) is 6.08 Å². The SMILES string of the molecule is COc1cc(N2CCOCC2)ccc1/C=C(/C#N)C(=O)Nc1ccccc1. The lowest BCUT2D eigenvalue weighted by Gasteiger charge is -2.29. The lowest BCUT2D eigenvalue weighted by molar-refractivity contribution is -0.112. The maximum absolute atomic E-state index is 12.4. The Hall–Kier alpha value is -3.30. The highest BCUT2D eigenvalue weighted by Crippen LogP contribution is 2.28. The highest BCUT2D eigenvalue weighted by Gasteiger charge is 2.15. The molecule has 138 valence electrons. The Labute approximate surface area is 158 Å². The summed E-state index contributed by atoms with van der Waals surface area (Å²) in [5, 5.41) is 12.1. The molecule has 0 radical (unpaired) electrons. The second kappa shape index (κ2) is 8.88. The van der Waals surface area contributed by atoms with E-state index in [4.69, 9.17) is 9.47 Å². The number of benzene rings is 2. The molecule has 1 aliphatic heterocycles. The zero-order chi connectivity index (χ0) is 19.1. The van der Waals surface area contributed by atoms with Gasteiger partial charge in [0.2, 0.25) is 0 Å². The number of carbonyl (C=O) groups is 1. The lowest BCUT2D eigenvalue weighted by Crippen LogP contribution is -2.36. The average molecular weight is 363 g/mol. The van der Waals surface area contributed by atoms with Crippen molar-refractivity contribution in [2.24, 2.45) is 0 Å². The third-order valence-corrected chi connectivity index (χ3v) is 4.29. The molecule has 0 atom stereocenters. The van der Waals surface area contributed by atoms with Gasteiger partial charge >= 0.3 is 0 Å². The first kappa shape index (κ1) is 18.5.